The lowest BCUT2D eigenvalue weighted by Crippen LogP contribution is -2.14. The molecule has 0 atom stereocenters. The summed E-state index contributed by atoms with van der Waals surface area (Å²) >= 11 is 0. The van der Waals surface area contributed by atoms with Gasteiger partial charge in [-0.25, -0.2) is 9.97 Å². The Morgan fingerprint density at radius 2 is 1.95 bits per heavy atom. The van der Waals surface area contributed by atoms with Gasteiger partial charge < -0.3 is 9.13 Å². The number of nitrogens with zero attached hydrogens (tertiary/aromatic N) is 4. The summed E-state index contributed by atoms with van der Waals surface area (Å²) in [5, 5.41) is 2.75. The summed E-state index contributed by atoms with van der Waals surface area (Å²) in [6, 6.07) is 7.28. The number of aryl methyl sites for hydroxylation is 1. The molecule has 3 aromatic rings. The van der Waals surface area contributed by atoms with Crippen LogP contribution < -0.4 is 5.32 Å². The lowest BCUT2D eigenvalue weighted by molar-refractivity contribution is 0.102. The predicted octanol–water partition coefficient (Wildman–Crippen LogP) is 1.86. The van der Waals surface area contributed by atoms with E-state index in [1.54, 1.807) is 41.6 Å². The Morgan fingerprint density at radius 1 is 1.15 bits per heavy atom. The number of nitrogens with one attached hydrogen (secondary N) is 1. The number of rotatable bonds is 3. The van der Waals surface area contributed by atoms with Crippen LogP contribution in [0.1, 0.15) is 10.4 Å². The third kappa shape index (κ3) is 2.31. The Kier molecular flexibility index (Phi) is 3.04. The zero-order valence-corrected chi connectivity index (χ0v) is 10.9. The number of anilines is 1. The largest absolute Gasteiger partial charge is 0.320 e. The molecule has 0 radical (unpaired) electrons. The monoisotopic (exact) mass is 267 g/mol. The summed E-state index contributed by atoms with van der Waals surface area (Å²) in [5.41, 5.74) is 1.54. The number of carbonyl (C=O) groups excluding carboxylic acids is 1. The van der Waals surface area contributed by atoms with E-state index in [1.165, 1.54) is 0 Å². The molecule has 0 aliphatic carbocycles. The maximum Gasteiger partial charge on any atom is 0.257 e. The molecule has 6 nitrogen and oxygen atoms in total. The van der Waals surface area contributed by atoms with Crippen molar-refractivity contribution in [3.05, 3.63) is 60.9 Å². The lowest BCUT2D eigenvalue weighted by atomic mass is 10.2. The Bertz CT molecular complexity index is 712. The van der Waals surface area contributed by atoms with Gasteiger partial charge >= 0.3 is 0 Å². The van der Waals surface area contributed by atoms with Crippen LogP contribution in [0, 0.1) is 0 Å². The van der Waals surface area contributed by atoms with Crippen LogP contribution in [-0.2, 0) is 7.05 Å². The fourth-order valence-corrected chi connectivity index (χ4v) is 1.86. The average Bonchev–Trinajstić information content (AvgIpc) is 3.12. The standard InChI is InChI=1S/C14H13N5O/c1-18-8-7-16-14(18)17-13(20)11-2-4-12(5-3-11)19-9-6-15-10-19/h2-10H,1H3,(H,16,17,20). The van der Waals surface area contributed by atoms with Crippen LogP contribution in [0.5, 0.6) is 0 Å². The van der Waals surface area contributed by atoms with Crippen molar-refractivity contribution in [1.82, 2.24) is 19.1 Å². The molecule has 0 aliphatic rings. The number of benzene rings is 1. The average molecular weight is 267 g/mol. The van der Waals surface area contributed by atoms with E-state index >= 15 is 0 Å². The number of amides is 1. The van der Waals surface area contributed by atoms with Crippen LogP contribution in [-0.4, -0.2) is 25.0 Å². The first-order valence-corrected chi connectivity index (χ1v) is 6.11. The van der Waals surface area contributed by atoms with Gasteiger partial charge in [-0.2, -0.15) is 0 Å². The van der Waals surface area contributed by atoms with Gasteiger partial charge in [-0.3, -0.25) is 10.1 Å². The summed E-state index contributed by atoms with van der Waals surface area (Å²) in [5.74, 6) is 0.338. The Balaban J connectivity index is 1.78. The maximum absolute atomic E-state index is 12.1. The van der Waals surface area contributed by atoms with Crippen molar-refractivity contribution in [3.8, 4) is 5.69 Å². The molecular formula is C14H13N5O. The second kappa shape index (κ2) is 5.00. The normalized spacial score (nSPS) is 10.4. The number of hydrogen-bond donors (Lipinski definition) is 1. The minimum atomic E-state index is -0.184. The molecule has 100 valence electrons. The Hall–Kier alpha value is -2.89. The van der Waals surface area contributed by atoms with Crippen LogP contribution in [0.3, 0.4) is 0 Å². The van der Waals surface area contributed by atoms with Crippen LogP contribution in [0.25, 0.3) is 5.69 Å². The molecule has 1 amide bonds. The molecule has 0 saturated carbocycles. The molecule has 0 aliphatic heterocycles. The molecule has 0 unspecified atom stereocenters. The molecule has 2 heterocycles. The second-order valence-electron chi connectivity index (χ2n) is 4.33. The summed E-state index contributed by atoms with van der Waals surface area (Å²) in [7, 11) is 1.82. The zero-order valence-electron chi connectivity index (χ0n) is 10.9. The SMILES string of the molecule is Cn1ccnc1NC(=O)c1ccc(-n2ccnc2)cc1. The Morgan fingerprint density at radius 3 is 2.55 bits per heavy atom. The number of hydrogen-bond acceptors (Lipinski definition) is 3. The van der Waals surface area contributed by atoms with Gasteiger partial charge in [0.1, 0.15) is 0 Å². The third-order valence-corrected chi connectivity index (χ3v) is 2.98. The summed E-state index contributed by atoms with van der Waals surface area (Å²) in [6.45, 7) is 0. The van der Waals surface area contributed by atoms with Crippen LogP contribution in [0.15, 0.2) is 55.4 Å². The molecule has 0 bridgehead atoms. The fourth-order valence-electron chi connectivity index (χ4n) is 1.86. The summed E-state index contributed by atoms with van der Waals surface area (Å²) < 4.78 is 3.62. The van der Waals surface area contributed by atoms with Crippen molar-refractivity contribution < 1.29 is 4.79 Å². The van der Waals surface area contributed by atoms with Gasteiger partial charge in [-0.15, -0.1) is 0 Å². The first-order valence-electron chi connectivity index (χ1n) is 6.11. The van der Waals surface area contributed by atoms with E-state index in [2.05, 4.69) is 15.3 Å². The van der Waals surface area contributed by atoms with E-state index in [4.69, 9.17) is 0 Å². The zero-order chi connectivity index (χ0) is 13.9. The molecule has 0 spiro atoms. The van der Waals surface area contributed by atoms with Crippen molar-refractivity contribution in [2.75, 3.05) is 5.32 Å². The molecule has 2 aromatic heterocycles. The van der Waals surface area contributed by atoms with Gasteiger partial charge in [-0.1, -0.05) is 0 Å². The number of aromatic nitrogens is 4. The van der Waals surface area contributed by atoms with Crippen LogP contribution >= 0.6 is 0 Å². The van der Waals surface area contributed by atoms with Crippen molar-refractivity contribution in [2.24, 2.45) is 7.05 Å². The highest BCUT2D eigenvalue weighted by atomic mass is 16.1. The van der Waals surface area contributed by atoms with Gasteiger partial charge in [0.25, 0.3) is 5.91 Å². The summed E-state index contributed by atoms with van der Waals surface area (Å²) in [6.07, 6.45) is 8.68. The summed E-state index contributed by atoms with van der Waals surface area (Å²) in [4.78, 5) is 20.1. The van der Waals surface area contributed by atoms with E-state index in [0.29, 0.717) is 11.5 Å². The molecule has 3 rings (SSSR count). The van der Waals surface area contributed by atoms with Crippen molar-refractivity contribution in [3.63, 3.8) is 0 Å². The smallest absolute Gasteiger partial charge is 0.257 e. The van der Waals surface area contributed by atoms with Crippen LogP contribution in [0.2, 0.25) is 0 Å². The van der Waals surface area contributed by atoms with E-state index in [1.807, 2.05) is 29.9 Å². The van der Waals surface area contributed by atoms with Crippen LogP contribution in [0.4, 0.5) is 5.95 Å². The van der Waals surface area contributed by atoms with Crippen molar-refractivity contribution in [1.29, 1.82) is 0 Å². The maximum atomic E-state index is 12.1. The van der Waals surface area contributed by atoms with E-state index in [9.17, 15) is 4.79 Å². The Labute approximate surface area is 115 Å². The quantitative estimate of drug-likeness (QED) is 0.787. The molecule has 6 heteroatoms. The highest BCUT2D eigenvalue weighted by molar-refractivity contribution is 6.03. The van der Waals surface area contributed by atoms with Crippen molar-refractivity contribution >= 4 is 11.9 Å². The third-order valence-electron chi connectivity index (χ3n) is 2.98. The highest BCUT2D eigenvalue weighted by Crippen LogP contribution is 2.11. The molecular weight excluding hydrogens is 254 g/mol. The van der Waals surface area contributed by atoms with Gasteiger partial charge in [-0.05, 0) is 24.3 Å². The van der Waals surface area contributed by atoms with Gasteiger partial charge in [0.2, 0.25) is 5.95 Å². The molecule has 1 N–H and O–H groups in total. The van der Waals surface area contributed by atoms with Gasteiger partial charge in [0.05, 0.1) is 6.33 Å². The van der Waals surface area contributed by atoms with Gasteiger partial charge in [0, 0.05) is 43.1 Å². The first-order chi connectivity index (χ1) is 9.74. The molecule has 1 aromatic carbocycles. The van der Waals surface area contributed by atoms with E-state index in [0.717, 1.165) is 5.69 Å². The van der Waals surface area contributed by atoms with E-state index in [-0.39, 0.29) is 5.91 Å². The second-order valence-corrected chi connectivity index (χ2v) is 4.33. The minimum absolute atomic E-state index is 0.184. The topological polar surface area (TPSA) is 64.7 Å². The fraction of sp³-hybridized carbons (Fsp3) is 0.0714. The lowest BCUT2D eigenvalue weighted by Gasteiger charge is -2.06. The first kappa shape index (κ1) is 12.2. The number of carbonyl (C=O) groups is 1. The molecule has 0 saturated heterocycles. The van der Waals surface area contributed by atoms with Crippen molar-refractivity contribution in [2.45, 2.75) is 0 Å². The van der Waals surface area contributed by atoms with E-state index < -0.39 is 0 Å². The minimum Gasteiger partial charge on any atom is -0.320 e. The highest BCUT2D eigenvalue weighted by Gasteiger charge is 2.08. The van der Waals surface area contributed by atoms with Gasteiger partial charge in [0.15, 0.2) is 0 Å². The number of imidazole rings is 2. The molecule has 20 heavy (non-hydrogen) atoms. The predicted molar refractivity (Wildman–Crippen MR) is 74.7 cm³/mol. The molecule has 0 fully saturated rings.